The van der Waals surface area contributed by atoms with Crippen molar-refractivity contribution in [1.29, 1.82) is 0 Å². The van der Waals surface area contributed by atoms with Crippen LogP contribution >= 0.6 is 0 Å². The second-order valence-corrected chi connectivity index (χ2v) is 6.83. The third-order valence-electron chi connectivity index (χ3n) is 4.28. The molecule has 2 aromatic rings. The van der Waals surface area contributed by atoms with Crippen molar-refractivity contribution in [2.45, 2.75) is 31.8 Å². The van der Waals surface area contributed by atoms with Crippen molar-refractivity contribution in [2.24, 2.45) is 0 Å². The van der Waals surface area contributed by atoms with Crippen LogP contribution in [0.5, 0.6) is 11.5 Å². The van der Waals surface area contributed by atoms with Gasteiger partial charge in [-0.1, -0.05) is 56.3 Å². The number of amides is 2. The lowest BCUT2D eigenvalue weighted by molar-refractivity contribution is -0.135. The molecule has 0 radical (unpaired) electrons. The molecule has 6 nitrogen and oxygen atoms in total. The van der Waals surface area contributed by atoms with Crippen LogP contribution in [0.2, 0.25) is 0 Å². The first-order valence-corrected chi connectivity index (χ1v) is 8.48. The van der Waals surface area contributed by atoms with E-state index in [1.807, 2.05) is 50.2 Å². The zero-order valence-corrected chi connectivity index (χ0v) is 14.8. The first-order chi connectivity index (χ1) is 12.5. The fourth-order valence-corrected chi connectivity index (χ4v) is 2.80. The summed E-state index contributed by atoms with van der Waals surface area (Å²) in [5.74, 6) is 0.385. The van der Waals surface area contributed by atoms with Gasteiger partial charge in [0.25, 0.3) is 5.91 Å². The minimum atomic E-state index is -0.813. The van der Waals surface area contributed by atoms with Crippen molar-refractivity contribution < 1.29 is 19.1 Å². The molecule has 2 N–H and O–H groups in total. The SMILES string of the molecule is CC(C)(CC(=O)NNC(=O)C1COc2ccccc2O1)c1ccccc1. The fourth-order valence-electron chi connectivity index (χ4n) is 2.80. The molecule has 0 bridgehead atoms. The Bertz CT molecular complexity index is 789. The molecule has 1 aliphatic rings. The van der Waals surface area contributed by atoms with Crippen LogP contribution in [0.15, 0.2) is 54.6 Å². The minimum Gasteiger partial charge on any atom is -0.485 e. The summed E-state index contributed by atoms with van der Waals surface area (Å²) in [5.41, 5.74) is 5.58. The summed E-state index contributed by atoms with van der Waals surface area (Å²) in [7, 11) is 0. The van der Waals surface area contributed by atoms with Crippen LogP contribution in [0, 0.1) is 0 Å². The Kier molecular flexibility index (Phi) is 5.11. The molecule has 1 aliphatic heterocycles. The van der Waals surface area contributed by atoms with E-state index in [1.165, 1.54) is 0 Å². The van der Waals surface area contributed by atoms with Gasteiger partial charge in [0.1, 0.15) is 6.61 Å². The monoisotopic (exact) mass is 354 g/mol. The van der Waals surface area contributed by atoms with Crippen LogP contribution in [-0.2, 0) is 15.0 Å². The molecule has 0 spiro atoms. The number of fused-ring (bicyclic) bond motifs is 1. The highest BCUT2D eigenvalue weighted by atomic mass is 16.6. The summed E-state index contributed by atoms with van der Waals surface area (Å²) in [5, 5.41) is 0. The average Bonchev–Trinajstić information content (AvgIpc) is 2.66. The van der Waals surface area contributed by atoms with Crippen molar-refractivity contribution in [3.8, 4) is 11.5 Å². The smallest absolute Gasteiger partial charge is 0.283 e. The number of hydrogen-bond acceptors (Lipinski definition) is 4. The van der Waals surface area contributed by atoms with Crippen LogP contribution in [0.3, 0.4) is 0 Å². The van der Waals surface area contributed by atoms with Gasteiger partial charge in [-0.3, -0.25) is 20.4 Å². The van der Waals surface area contributed by atoms with Gasteiger partial charge in [0.2, 0.25) is 12.0 Å². The molecule has 1 atom stereocenters. The zero-order valence-electron chi connectivity index (χ0n) is 14.8. The summed E-state index contributed by atoms with van der Waals surface area (Å²) < 4.78 is 11.1. The van der Waals surface area contributed by atoms with E-state index >= 15 is 0 Å². The molecule has 26 heavy (non-hydrogen) atoms. The van der Waals surface area contributed by atoms with Crippen molar-refractivity contribution in [2.75, 3.05) is 6.61 Å². The summed E-state index contributed by atoms with van der Waals surface area (Å²) in [6.45, 7) is 4.06. The van der Waals surface area contributed by atoms with Gasteiger partial charge in [-0.05, 0) is 23.1 Å². The Morgan fingerprint density at radius 1 is 1.00 bits per heavy atom. The molecule has 2 amide bonds. The molecule has 0 saturated heterocycles. The third-order valence-corrected chi connectivity index (χ3v) is 4.28. The number of para-hydroxylation sites is 2. The van der Waals surface area contributed by atoms with Crippen molar-refractivity contribution in [3.63, 3.8) is 0 Å². The molecule has 0 aromatic heterocycles. The molecule has 0 fully saturated rings. The quantitative estimate of drug-likeness (QED) is 0.827. The van der Waals surface area contributed by atoms with Crippen LogP contribution in [0.4, 0.5) is 0 Å². The van der Waals surface area contributed by atoms with Gasteiger partial charge < -0.3 is 9.47 Å². The molecule has 136 valence electrons. The Hall–Kier alpha value is -3.02. The fraction of sp³-hybridized carbons (Fsp3) is 0.300. The molecule has 0 aliphatic carbocycles. The highest BCUT2D eigenvalue weighted by Crippen LogP contribution is 2.30. The lowest BCUT2D eigenvalue weighted by Gasteiger charge is -2.26. The second-order valence-electron chi connectivity index (χ2n) is 6.83. The summed E-state index contributed by atoms with van der Waals surface area (Å²) in [4.78, 5) is 24.4. The first-order valence-electron chi connectivity index (χ1n) is 8.48. The third kappa shape index (κ3) is 4.14. The molecule has 3 rings (SSSR count). The first kappa shape index (κ1) is 17.8. The minimum absolute atomic E-state index is 0.0915. The van der Waals surface area contributed by atoms with Crippen molar-refractivity contribution in [3.05, 3.63) is 60.2 Å². The second kappa shape index (κ2) is 7.47. The predicted molar refractivity (Wildman–Crippen MR) is 96.7 cm³/mol. The van der Waals surface area contributed by atoms with Crippen molar-refractivity contribution >= 4 is 11.8 Å². The number of rotatable bonds is 4. The number of hydrazine groups is 1. The molecule has 1 heterocycles. The van der Waals surface area contributed by atoms with E-state index in [4.69, 9.17) is 9.47 Å². The number of carbonyl (C=O) groups excluding carboxylic acids is 2. The molecule has 0 saturated carbocycles. The Morgan fingerprint density at radius 2 is 1.65 bits per heavy atom. The van der Waals surface area contributed by atoms with Crippen LogP contribution < -0.4 is 20.3 Å². The van der Waals surface area contributed by atoms with E-state index in [9.17, 15) is 9.59 Å². The standard InChI is InChI=1S/C20H22N2O4/c1-20(2,14-8-4-3-5-9-14)12-18(23)21-22-19(24)17-13-25-15-10-6-7-11-16(15)26-17/h3-11,17H,12-13H2,1-2H3,(H,21,23)(H,22,24). The maximum Gasteiger partial charge on any atom is 0.283 e. The maximum atomic E-state index is 12.2. The number of ether oxygens (including phenoxy) is 2. The Morgan fingerprint density at radius 3 is 2.38 bits per heavy atom. The summed E-state index contributed by atoms with van der Waals surface area (Å²) in [6.07, 6.45) is -0.574. The van der Waals surface area contributed by atoms with Crippen molar-refractivity contribution in [1.82, 2.24) is 10.9 Å². The molecule has 2 aromatic carbocycles. The number of benzene rings is 2. The average molecular weight is 354 g/mol. The van der Waals surface area contributed by atoms with Gasteiger partial charge in [0.15, 0.2) is 11.5 Å². The van der Waals surface area contributed by atoms with E-state index in [2.05, 4.69) is 10.9 Å². The molecule has 6 heteroatoms. The molecular formula is C20H22N2O4. The van der Waals surface area contributed by atoms with E-state index in [-0.39, 0.29) is 24.3 Å². The van der Waals surface area contributed by atoms with Gasteiger partial charge in [-0.15, -0.1) is 0 Å². The topological polar surface area (TPSA) is 76.7 Å². The lowest BCUT2D eigenvalue weighted by Crippen LogP contribution is -2.51. The number of hydrogen-bond donors (Lipinski definition) is 2. The Labute approximate surface area is 152 Å². The van der Waals surface area contributed by atoms with Gasteiger partial charge in [-0.25, -0.2) is 0 Å². The highest BCUT2D eigenvalue weighted by molar-refractivity contribution is 5.85. The van der Waals surface area contributed by atoms with Crippen LogP contribution in [0.25, 0.3) is 0 Å². The Balaban J connectivity index is 1.51. The number of nitrogens with one attached hydrogen (secondary N) is 2. The largest absolute Gasteiger partial charge is 0.485 e. The van der Waals surface area contributed by atoms with Crippen LogP contribution in [0.1, 0.15) is 25.8 Å². The van der Waals surface area contributed by atoms with Gasteiger partial charge in [-0.2, -0.15) is 0 Å². The van der Waals surface area contributed by atoms with E-state index in [0.717, 1.165) is 5.56 Å². The molecule has 1 unspecified atom stereocenters. The predicted octanol–water partition coefficient (Wildman–Crippen LogP) is 2.34. The van der Waals surface area contributed by atoms with E-state index < -0.39 is 12.0 Å². The maximum absolute atomic E-state index is 12.2. The normalized spacial score (nSPS) is 15.8. The zero-order chi connectivity index (χ0) is 18.6. The summed E-state index contributed by atoms with van der Waals surface area (Å²) >= 11 is 0. The lowest BCUT2D eigenvalue weighted by atomic mass is 9.81. The van der Waals surface area contributed by atoms with Gasteiger partial charge in [0.05, 0.1) is 0 Å². The van der Waals surface area contributed by atoms with Crippen LogP contribution in [-0.4, -0.2) is 24.5 Å². The van der Waals surface area contributed by atoms with Gasteiger partial charge >= 0.3 is 0 Å². The van der Waals surface area contributed by atoms with E-state index in [0.29, 0.717) is 11.5 Å². The number of carbonyl (C=O) groups is 2. The highest BCUT2D eigenvalue weighted by Gasteiger charge is 2.28. The van der Waals surface area contributed by atoms with Gasteiger partial charge in [0, 0.05) is 6.42 Å². The summed E-state index contributed by atoms with van der Waals surface area (Å²) in [6, 6.07) is 16.9. The van der Waals surface area contributed by atoms with E-state index in [1.54, 1.807) is 18.2 Å². The molecular weight excluding hydrogens is 332 g/mol.